The molecular formula is C10H13N3O4S. The van der Waals surface area contributed by atoms with E-state index in [1.807, 2.05) is 0 Å². The van der Waals surface area contributed by atoms with E-state index in [0.29, 0.717) is 10.8 Å². The predicted octanol–water partition coefficient (Wildman–Crippen LogP) is 1.68. The molecule has 0 radical (unpaired) electrons. The Labute approximate surface area is 107 Å². The zero-order valence-corrected chi connectivity index (χ0v) is 10.6. The third-order valence-electron chi connectivity index (χ3n) is 3.04. The summed E-state index contributed by atoms with van der Waals surface area (Å²) in [6, 6.07) is 0. The average Bonchev–Trinajstić information content (AvgIpc) is 2.90. The van der Waals surface area contributed by atoms with Gasteiger partial charge in [0.2, 0.25) is 6.33 Å². The maximum atomic E-state index is 10.8. The molecule has 2 rings (SSSR count). The Bertz CT molecular complexity index is 495. The van der Waals surface area contributed by atoms with Crippen LogP contribution in [0, 0.1) is 15.5 Å². The molecule has 18 heavy (non-hydrogen) atoms. The van der Waals surface area contributed by atoms with Crippen LogP contribution in [0.15, 0.2) is 11.4 Å². The van der Waals surface area contributed by atoms with Gasteiger partial charge in [0.1, 0.15) is 0 Å². The summed E-state index contributed by atoms with van der Waals surface area (Å²) in [6.45, 7) is 0. The Kier molecular flexibility index (Phi) is 3.29. The van der Waals surface area contributed by atoms with Crippen molar-refractivity contribution in [2.75, 3.05) is 5.75 Å². The van der Waals surface area contributed by atoms with Crippen LogP contribution in [-0.4, -0.2) is 31.3 Å². The van der Waals surface area contributed by atoms with Crippen molar-refractivity contribution in [1.29, 1.82) is 0 Å². The van der Waals surface area contributed by atoms with Crippen LogP contribution in [0.25, 0.3) is 0 Å². The van der Waals surface area contributed by atoms with Gasteiger partial charge in [-0.3, -0.25) is 4.79 Å². The van der Waals surface area contributed by atoms with Crippen molar-refractivity contribution >= 4 is 23.5 Å². The number of imidazole rings is 1. The molecule has 1 N–H and O–H groups in total. The number of carboxylic acid groups (broad SMARTS) is 1. The second-order valence-electron chi connectivity index (χ2n) is 4.60. The van der Waals surface area contributed by atoms with E-state index in [-0.39, 0.29) is 17.7 Å². The van der Waals surface area contributed by atoms with Gasteiger partial charge >= 0.3 is 11.8 Å². The van der Waals surface area contributed by atoms with Gasteiger partial charge in [-0.2, -0.15) is 0 Å². The van der Waals surface area contributed by atoms with Crippen molar-refractivity contribution in [2.45, 2.75) is 24.3 Å². The molecule has 1 saturated carbocycles. The van der Waals surface area contributed by atoms with E-state index >= 15 is 0 Å². The molecule has 1 aromatic rings. The third kappa shape index (κ3) is 2.63. The first-order valence-corrected chi connectivity index (χ1v) is 6.42. The lowest BCUT2D eigenvalue weighted by molar-refractivity contribution is -0.392. The summed E-state index contributed by atoms with van der Waals surface area (Å²) in [5, 5.41) is 20.1. The minimum Gasteiger partial charge on any atom is -0.481 e. The second kappa shape index (κ2) is 4.60. The number of rotatable bonds is 6. The fraction of sp³-hybridized carbons (Fsp3) is 0.600. The molecule has 0 bridgehead atoms. The maximum absolute atomic E-state index is 10.8. The van der Waals surface area contributed by atoms with E-state index in [1.165, 1.54) is 18.1 Å². The quantitative estimate of drug-likeness (QED) is 0.480. The Morgan fingerprint density at radius 3 is 2.89 bits per heavy atom. The van der Waals surface area contributed by atoms with Crippen molar-refractivity contribution in [2.24, 2.45) is 12.5 Å². The molecule has 0 aromatic carbocycles. The third-order valence-corrected chi connectivity index (χ3v) is 4.54. The first-order valence-electron chi connectivity index (χ1n) is 5.44. The van der Waals surface area contributed by atoms with Gasteiger partial charge in [-0.25, -0.2) is 0 Å². The zero-order chi connectivity index (χ0) is 13.3. The molecule has 1 aliphatic rings. The zero-order valence-electron chi connectivity index (χ0n) is 9.83. The Hall–Kier alpha value is -1.57. The van der Waals surface area contributed by atoms with Gasteiger partial charge in [0.25, 0.3) is 0 Å². The number of nitrogens with zero attached hydrogens (tertiary/aromatic N) is 3. The highest BCUT2D eigenvalue weighted by Crippen LogP contribution is 2.52. The number of hydrogen-bond acceptors (Lipinski definition) is 5. The van der Waals surface area contributed by atoms with Crippen LogP contribution in [0.2, 0.25) is 0 Å². The van der Waals surface area contributed by atoms with Gasteiger partial charge < -0.3 is 19.8 Å². The molecule has 98 valence electrons. The minimum atomic E-state index is -0.812. The molecule has 1 heterocycles. The first kappa shape index (κ1) is 12.9. The van der Waals surface area contributed by atoms with Crippen LogP contribution in [0.5, 0.6) is 0 Å². The molecule has 0 saturated heterocycles. The summed E-state index contributed by atoms with van der Waals surface area (Å²) in [4.78, 5) is 24.7. The van der Waals surface area contributed by atoms with Crippen LogP contribution in [0.4, 0.5) is 5.82 Å². The number of aryl methyl sites for hydroxylation is 1. The monoisotopic (exact) mass is 271 g/mol. The SMILES string of the molecule is Cn1cnc([N+](=O)[O-])c1SCC1(CC(=O)O)CC1. The number of carbonyl (C=O) groups is 1. The van der Waals surface area contributed by atoms with Gasteiger partial charge in [-0.1, -0.05) is 11.8 Å². The van der Waals surface area contributed by atoms with E-state index in [4.69, 9.17) is 5.11 Å². The largest absolute Gasteiger partial charge is 0.481 e. The number of carboxylic acids is 1. The normalized spacial score (nSPS) is 16.5. The van der Waals surface area contributed by atoms with Gasteiger partial charge in [0.05, 0.1) is 6.42 Å². The number of aromatic nitrogens is 2. The Balaban J connectivity index is 2.04. The lowest BCUT2D eigenvalue weighted by atomic mass is 10.1. The molecule has 0 amide bonds. The van der Waals surface area contributed by atoms with E-state index < -0.39 is 10.9 Å². The average molecular weight is 271 g/mol. The molecule has 1 fully saturated rings. The fourth-order valence-electron chi connectivity index (χ4n) is 1.79. The standard InChI is InChI=1S/C10H13N3O4S/c1-12-6-11-8(13(16)17)9(12)18-5-10(2-3-10)4-7(14)15/h6H,2-5H2,1H3,(H,14,15). The van der Waals surface area contributed by atoms with E-state index in [9.17, 15) is 14.9 Å². The van der Waals surface area contributed by atoms with Crippen LogP contribution >= 0.6 is 11.8 Å². The lowest BCUT2D eigenvalue weighted by Gasteiger charge is -2.11. The van der Waals surface area contributed by atoms with E-state index in [0.717, 1.165) is 12.8 Å². The van der Waals surface area contributed by atoms with Crippen LogP contribution in [0.1, 0.15) is 19.3 Å². The topological polar surface area (TPSA) is 98.3 Å². The highest BCUT2D eigenvalue weighted by atomic mass is 32.2. The maximum Gasteiger partial charge on any atom is 0.395 e. The second-order valence-corrected chi connectivity index (χ2v) is 5.56. The molecule has 0 atom stereocenters. The fourth-order valence-corrected chi connectivity index (χ4v) is 3.13. The number of aliphatic carboxylic acids is 1. The summed E-state index contributed by atoms with van der Waals surface area (Å²) in [7, 11) is 1.69. The number of hydrogen-bond donors (Lipinski definition) is 1. The van der Waals surface area contributed by atoms with Gasteiger partial charge in [0, 0.05) is 12.8 Å². The number of thioether (sulfide) groups is 1. The first-order chi connectivity index (χ1) is 8.43. The highest BCUT2D eigenvalue weighted by molar-refractivity contribution is 7.99. The smallest absolute Gasteiger partial charge is 0.395 e. The molecular weight excluding hydrogens is 258 g/mol. The van der Waals surface area contributed by atoms with Crippen molar-refractivity contribution in [3.63, 3.8) is 0 Å². The van der Waals surface area contributed by atoms with Crippen molar-refractivity contribution in [3.8, 4) is 0 Å². The molecule has 0 spiro atoms. The minimum absolute atomic E-state index is 0.131. The van der Waals surface area contributed by atoms with E-state index in [2.05, 4.69) is 4.98 Å². The van der Waals surface area contributed by atoms with Crippen molar-refractivity contribution in [1.82, 2.24) is 9.55 Å². The summed E-state index contributed by atoms with van der Waals surface area (Å²) in [5.41, 5.74) is -0.186. The van der Waals surface area contributed by atoms with Gasteiger partial charge in [-0.15, -0.1) is 0 Å². The van der Waals surface area contributed by atoms with Gasteiger partial charge in [0.15, 0.2) is 5.03 Å². The number of nitro groups is 1. The Morgan fingerprint density at radius 1 is 1.72 bits per heavy atom. The van der Waals surface area contributed by atoms with E-state index in [1.54, 1.807) is 11.6 Å². The van der Waals surface area contributed by atoms with Crippen LogP contribution < -0.4 is 0 Å². The summed E-state index contributed by atoms with van der Waals surface area (Å²) >= 11 is 1.32. The molecule has 7 nitrogen and oxygen atoms in total. The summed E-state index contributed by atoms with van der Waals surface area (Å²) in [5.74, 6) is -0.388. The Morgan fingerprint density at radius 2 is 2.39 bits per heavy atom. The summed E-state index contributed by atoms with van der Waals surface area (Å²) in [6.07, 6.45) is 3.28. The molecule has 8 heteroatoms. The van der Waals surface area contributed by atoms with Crippen molar-refractivity contribution in [3.05, 3.63) is 16.4 Å². The molecule has 1 aromatic heterocycles. The predicted molar refractivity (Wildman–Crippen MR) is 64.5 cm³/mol. The molecule has 0 unspecified atom stereocenters. The summed E-state index contributed by atoms with van der Waals surface area (Å²) < 4.78 is 1.60. The molecule has 1 aliphatic carbocycles. The lowest BCUT2D eigenvalue weighted by Crippen LogP contribution is -2.11. The molecule has 0 aliphatic heterocycles. The van der Waals surface area contributed by atoms with Gasteiger partial charge in [-0.05, 0) is 28.2 Å². The van der Waals surface area contributed by atoms with Crippen LogP contribution in [-0.2, 0) is 11.8 Å². The van der Waals surface area contributed by atoms with Crippen molar-refractivity contribution < 1.29 is 14.8 Å². The van der Waals surface area contributed by atoms with Crippen LogP contribution in [0.3, 0.4) is 0 Å². The highest BCUT2D eigenvalue weighted by Gasteiger charge is 2.44.